The Kier molecular flexibility index (Phi) is 5.38. The molecule has 0 aliphatic carbocycles. The number of nitro groups is 1. The molecule has 0 spiro atoms. The molecule has 0 amide bonds. The van der Waals surface area contributed by atoms with Crippen molar-refractivity contribution in [1.82, 2.24) is 4.98 Å². The summed E-state index contributed by atoms with van der Waals surface area (Å²) in [5.41, 5.74) is 1.38. The Morgan fingerprint density at radius 1 is 1.13 bits per heavy atom. The van der Waals surface area contributed by atoms with E-state index in [0.29, 0.717) is 48.5 Å². The van der Waals surface area contributed by atoms with E-state index in [2.05, 4.69) is 9.71 Å². The molecule has 2 heterocycles. The number of aromatic amines is 1. The Bertz CT molecular complexity index is 1330. The highest BCUT2D eigenvalue weighted by Gasteiger charge is 2.26. The third kappa shape index (κ3) is 4.23. The van der Waals surface area contributed by atoms with Crippen LogP contribution in [0.5, 0.6) is 0 Å². The van der Waals surface area contributed by atoms with E-state index in [1.165, 1.54) is 24.3 Å². The zero-order valence-corrected chi connectivity index (χ0v) is 17.4. The number of ether oxygens (including phenoxy) is 1. The van der Waals surface area contributed by atoms with E-state index >= 15 is 0 Å². The first-order valence-corrected chi connectivity index (χ1v) is 11.0. The van der Waals surface area contributed by atoms with Gasteiger partial charge in [-0.25, -0.2) is 8.42 Å². The third-order valence-corrected chi connectivity index (χ3v) is 6.51. The first-order valence-electron chi connectivity index (χ1n) is 9.52. The van der Waals surface area contributed by atoms with Crippen molar-refractivity contribution in [3.8, 4) is 0 Å². The number of aromatic nitrogens is 1. The molecule has 11 heteroatoms. The third-order valence-electron chi connectivity index (χ3n) is 5.10. The maximum absolute atomic E-state index is 13.3. The van der Waals surface area contributed by atoms with Gasteiger partial charge in [0.25, 0.3) is 15.7 Å². The maximum atomic E-state index is 13.3. The number of rotatable bonds is 5. The lowest BCUT2D eigenvalue weighted by molar-refractivity contribution is -0.385. The van der Waals surface area contributed by atoms with Crippen LogP contribution in [0.2, 0.25) is 0 Å². The fraction of sp³-hybridized carbons (Fsp3) is 0.250. The lowest BCUT2D eigenvalue weighted by atomic mass is 10.1. The molecular weight excluding hydrogens is 424 g/mol. The van der Waals surface area contributed by atoms with Crippen LogP contribution >= 0.6 is 0 Å². The van der Waals surface area contributed by atoms with Gasteiger partial charge in [-0.05, 0) is 36.8 Å². The zero-order valence-electron chi connectivity index (χ0n) is 16.6. The second-order valence-corrected chi connectivity index (χ2v) is 8.84. The Labute approximate surface area is 177 Å². The van der Waals surface area contributed by atoms with Gasteiger partial charge in [-0.3, -0.25) is 19.6 Å². The number of aryl methyl sites for hydroxylation is 1. The molecular formula is C20H20N4O6S. The average Bonchev–Trinajstić information content (AvgIpc) is 2.74. The number of pyridine rings is 1. The van der Waals surface area contributed by atoms with Gasteiger partial charge in [-0.1, -0.05) is 0 Å². The highest BCUT2D eigenvalue weighted by molar-refractivity contribution is 7.92. The Morgan fingerprint density at radius 3 is 2.58 bits per heavy atom. The molecule has 3 aromatic rings. The van der Waals surface area contributed by atoms with Crippen molar-refractivity contribution in [2.45, 2.75) is 11.8 Å². The highest BCUT2D eigenvalue weighted by atomic mass is 32.2. The van der Waals surface area contributed by atoms with Crippen molar-refractivity contribution in [3.05, 3.63) is 68.5 Å². The first-order chi connectivity index (χ1) is 14.7. The molecule has 0 unspecified atom stereocenters. The Morgan fingerprint density at radius 2 is 1.87 bits per heavy atom. The largest absolute Gasteiger partial charge is 0.378 e. The summed E-state index contributed by atoms with van der Waals surface area (Å²) < 4.78 is 34.4. The normalized spacial score (nSPS) is 14.5. The van der Waals surface area contributed by atoms with E-state index < -0.39 is 14.9 Å². The molecule has 31 heavy (non-hydrogen) atoms. The predicted octanol–water partition coefficient (Wildman–Crippen LogP) is 2.38. The van der Waals surface area contributed by atoms with Crippen LogP contribution in [-0.2, 0) is 14.8 Å². The van der Waals surface area contributed by atoms with Crippen molar-refractivity contribution < 1.29 is 18.1 Å². The van der Waals surface area contributed by atoms with Crippen LogP contribution in [0.3, 0.4) is 0 Å². The number of nitrogens with zero attached hydrogens (tertiary/aromatic N) is 2. The summed E-state index contributed by atoms with van der Waals surface area (Å²) in [6, 6.07) is 9.99. The number of hydrogen-bond donors (Lipinski definition) is 2. The number of benzene rings is 2. The molecule has 1 aliphatic rings. The number of nitrogens with one attached hydrogen (secondary N) is 2. The number of non-ortho nitro benzene ring substituents is 1. The van der Waals surface area contributed by atoms with E-state index in [9.17, 15) is 23.3 Å². The summed E-state index contributed by atoms with van der Waals surface area (Å²) in [4.78, 5) is 26.6. The first kappa shape index (κ1) is 20.8. The summed E-state index contributed by atoms with van der Waals surface area (Å²) in [6.45, 7) is 3.58. The van der Waals surface area contributed by atoms with E-state index in [1.54, 1.807) is 19.1 Å². The molecule has 1 aromatic heterocycles. The van der Waals surface area contributed by atoms with Crippen molar-refractivity contribution in [1.29, 1.82) is 0 Å². The van der Waals surface area contributed by atoms with Gasteiger partial charge in [-0.15, -0.1) is 0 Å². The van der Waals surface area contributed by atoms with Gasteiger partial charge in [0.2, 0.25) is 5.56 Å². The molecule has 10 nitrogen and oxygen atoms in total. The van der Waals surface area contributed by atoms with E-state index in [1.807, 2.05) is 4.90 Å². The fourth-order valence-corrected chi connectivity index (χ4v) is 4.89. The number of H-pyrrole nitrogens is 1. The molecule has 1 saturated heterocycles. The standard InChI is InChI=1S/C20H20N4O6S/c1-13-10-20(25)21-17-4-2-14(11-16(13)17)22-31(28,29)19-12-15(24(26)27)3-5-18(19)23-6-8-30-9-7-23/h2-5,10-12,22H,6-9H2,1H3,(H,21,25). The van der Waals surface area contributed by atoms with Gasteiger partial charge in [-0.2, -0.15) is 0 Å². The molecule has 1 fully saturated rings. The van der Waals surface area contributed by atoms with E-state index in [0.717, 1.165) is 6.07 Å². The van der Waals surface area contributed by atoms with Gasteiger partial charge in [0, 0.05) is 47.9 Å². The molecule has 0 bridgehead atoms. The molecule has 0 radical (unpaired) electrons. The molecule has 2 aromatic carbocycles. The number of nitro benzene ring substituents is 1. The Hall–Kier alpha value is -3.44. The predicted molar refractivity (Wildman–Crippen MR) is 116 cm³/mol. The second kappa shape index (κ2) is 8.00. The number of anilines is 2. The van der Waals surface area contributed by atoms with Crippen molar-refractivity contribution >= 4 is 38.0 Å². The van der Waals surface area contributed by atoms with E-state index in [4.69, 9.17) is 4.74 Å². The highest BCUT2D eigenvalue weighted by Crippen LogP contribution is 2.32. The number of hydrogen-bond acceptors (Lipinski definition) is 7. The lowest BCUT2D eigenvalue weighted by Gasteiger charge is -2.30. The van der Waals surface area contributed by atoms with Crippen LogP contribution < -0.4 is 15.2 Å². The fourth-order valence-electron chi connectivity index (χ4n) is 3.59. The minimum Gasteiger partial charge on any atom is -0.378 e. The van der Waals surface area contributed by atoms with Crippen LogP contribution in [-0.4, -0.2) is 44.6 Å². The summed E-state index contributed by atoms with van der Waals surface area (Å²) in [5, 5.41) is 12.0. The minimum absolute atomic E-state index is 0.179. The summed E-state index contributed by atoms with van der Waals surface area (Å²) >= 11 is 0. The average molecular weight is 444 g/mol. The number of morpholine rings is 1. The number of sulfonamides is 1. The SMILES string of the molecule is Cc1cc(=O)[nH]c2ccc(NS(=O)(=O)c3cc([N+](=O)[O-])ccc3N3CCOCC3)cc12. The second-order valence-electron chi connectivity index (χ2n) is 7.19. The molecule has 1 aliphatic heterocycles. The van der Waals surface area contributed by atoms with Crippen LogP contribution in [0.15, 0.2) is 52.2 Å². The van der Waals surface area contributed by atoms with Crippen LogP contribution in [0.4, 0.5) is 17.1 Å². The van der Waals surface area contributed by atoms with Crippen molar-refractivity contribution in [3.63, 3.8) is 0 Å². The van der Waals surface area contributed by atoms with Gasteiger partial charge in [0.15, 0.2) is 0 Å². The smallest absolute Gasteiger partial charge is 0.270 e. The van der Waals surface area contributed by atoms with Gasteiger partial charge < -0.3 is 14.6 Å². The zero-order chi connectivity index (χ0) is 22.2. The topological polar surface area (TPSA) is 135 Å². The summed E-state index contributed by atoms with van der Waals surface area (Å²) in [7, 11) is -4.15. The Balaban J connectivity index is 1.77. The van der Waals surface area contributed by atoms with Crippen LogP contribution in [0.25, 0.3) is 10.9 Å². The van der Waals surface area contributed by atoms with Crippen LogP contribution in [0.1, 0.15) is 5.56 Å². The molecule has 2 N–H and O–H groups in total. The summed E-state index contributed by atoms with van der Waals surface area (Å²) in [6.07, 6.45) is 0. The van der Waals surface area contributed by atoms with Gasteiger partial charge in [0.1, 0.15) is 4.90 Å². The molecule has 162 valence electrons. The minimum atomic E-state index is -4.15. The molecule has 4 rings (SSSR count). The summed E-state index contributed by atoms with van der Waals surface area (Å²) in [5.74, 6) is 0. The number of fused-ring (bicyclic) bond motifs is 1. The monoisotopic (exact) mass is 444 g/mol. The van der Waals surface area contributed by atoms with Crippen molar-refractivity contribution in [2.24, 2.45) is 0 Å². The van der Waals surface area contributed by atoms with Crippen molar-refractivity contribution in [2.75, 3.05) is 35.9 Å². The molecule has 0 saturated carbocycles. The van der Waals surface area contributed by atoms with E-state index in [-0.39, 0.29) is 21.8 Å². The van der Waals surface area contributed by atoms with Crippen LogP contribution in [0, 0.1) is 17.0 Å². The van der Waals surface area contributed by atoms with Gasteiger partial charge in [0.05, 0.1) is 23.8 Å². The molecule has 0 atom stereocenters. The quantitative estimate of drug-likeness (QED) is 0.456. The van der Waals surface area contributed by atoms with Gasteiger partial charge >= 0.3 is 0 Å². The maximum Gasteiger partial charge on any atom is 0.270 e. The lowest BCUT2D eigenvalue weighted by Crippen LogP contribution is -2.37.